The molecule has 31 nitrogen and oxygen atoms in total. The van der Waals surface area contributed by atoms with Gasteiger partial charge in [-0.3, -0.25) is 71.9 Å². The van der Waals surface area contributed by atoms with Crippen LogP contribution >= 0.6 is 117 Å². The predicted molar refractivity (Wildman–Crippen MR) is 423 cm³/mol. The van der Waals surface area contributed by atoms with Crippen LogP contribution in [0.2, 0.25) is 0 Å². The van der Waals surface area contributed by atoms with E-state index in [1.807, 2.05) is 26.0 Å². The van der Waals surface area contributed by atoms with Crippen LogP contribution in [-0.4, -0.2) is 253 Å². The number of amides is 12. The summed E-state index contributed by atoms with van der Waals surface area (Å²) < 4.78 is 0. The summed E-state index contributed by atoms with van der Waals surface area (Å²) in [5.74, 6) is -0.836. The van der Waals surface area contributed by atoms with Crippen molar-refractivity contribution < 1.29 is 142 Å². The number of halogens is 6. The molecule has 12 amide bonds. The fourth-order valence-corrected chi connectivity index (χ4v) is 9.24. The number of alkyl halides is 5. The molecule has 2 aromatic carbocycles. The molecule has 0 aromatic heterocycles. The van der Waals surface area contributed by atoms with Gasteiger partial charge in [0.15, 0.2) is 0 Å². The van der Waals surface area contributed by atoms with E-state index >= 15 is 0 Å². The smallest absolute Gasteiger partial charge is 0.870 e. The van der Waals surface area contributed by atoms with Gasteiger partial charge in [-0.05, 0) is 69.6 Å². The van der Waals surface area contributed by atoms with Crippen LogP contribution < -0.4 is 134 Å². The molecule has 0 saturated carbocycles. The van der Waals surface area contributed by atoms with Crippen LogP contribution in [-0.2, 0) is 62.3 Å². The molecule has 107 heavy (non-hydrogen) atoms. The summed E-state index contributed by atoms with van der Waals surface area (Å²) in [6, 6.07) is 17.6. The Bertz CT molecular complexity index is 2430. The van der Waals surface area contributed by atoms with E-state index in [1.54, 1.807) is 48.5 Å². The molecule has 0 unspecified atom stereocenters. The van der Waals surface area contributed by atoms with Gasteiger partial charge in [-0.2, -0.15) is 0 Å². The van der Waals surface area contributed by atoms with Crippen molar-refractivity contribution in [2.45, 2.75) is 79.1 Å². The molecule has 1 heterocycles. The van der Waals surface area contributed by atoms with Crippen molar-refractivity contribution in [1.82, 2.24) is 63.8 Å². The van der Waals surface area contributed by atoms with Gasteiger partial charge < -0.3 is 86.2 Å². The second-order valence-corrected chi connectivity index (χ2v) is 25.5. The molecule has 43 heteroatoms. The first-order valence-corrected chi connectivity index (χ1v) is 39.4. The van der Waals surface area contributed by atoms with E-state index in [4.69, 9.17) is 81.1 Å². The fourth-order valence-electron chi connectivity index (χ4n) is 6.18. The number of nitrogens with one attached hydrogen (secondary N) is 12. The molecule has 1 aliphatic rings. The Hall–Kier alpha value is -3.93. The largest absolute Gasteiger partial charge is 1.00 e. The summed E-state index contributed by atoms with van der Waals surface area (Å²) in [6.07, 6.45) is 5.93. The van der Waals surface area contributed by atoms with Gasteiger partial charge in [0.2, 0.25) is 86.4 Å². The minimum atomic E-state index is -0.508. The number of rotatable bonds is 31. The van der Waals surface area contributed by atoms with Gasteiger partial charge >= 0.3 is 59.1 Å². The van der Waals surface area contributed by atoms with Crippen LogP contribution in [0.5, 0.6) is 0 Å². The first-order valence-electron chi connectivity index (χ1n) is 32.1. The van der Waals surface area contributed by atoms with E-state index in [-0.39, 0.29) is 223 Å². The Kier molecular flexibility index (Phi) is 103. The van der Waals surface area contributed by atoms with Crippen LogP contribution in [0.15, 0.2) is 60.7 Å². The van der Waals surface area contributed by atoms with Crippen molar-refractivity contribution in [3.05, 3.63) is 71.8 Å². The number of nitrogens with two attached hydrogens (primary N) is 2. The van der Waals surface area contributed by atoms with E-state index in [1.165, 1.54) is 23.5 Å². The Balaban J connectivity index is -0.000000159. The maximum atomic E-state index is 11.9. The minimum Gasteiger partial charge on any atom is -0.870 e. The quantitative estimate of drug-likeness (QED) is 0.0152. The van der Waals surface area contributed by atoms with Crippen molar-refractivity contribution in [3.63, 3.8) is 0 Å². The third kappa shape index (κ3) is 90.8. The number of hydrogen-bond donors (Lipinski definition) is 14. The van der Waals surface area contributed by atoms with E-state index in [0.29, 0.717) is 135 Å². The fraction of sp³-hybridized carbons (Fsp3) is 0.578. The molecule has 0 bridgehead atoms. The molecule has 0 aliphatic carbocycles. The van der Waals surface area contributed by atoms with E-state index in [0.717, 1.165) is 49.5 Å². The van der Waals surface area contributed by atoms with Crippen molar-refractivity contribution in [2.24, 2.45) is 11.5 Å². The molecule has 18 N–H and O–H groups in total. The Morgan fingerprint density at radius 2 is 0.617 bits per heavy atom. The third-order valence-corrected chi connectivity index (χ3v) is 16.4. The van der Waals surface area contributed by atoms with Gasteiger partial charge in [-0.15, -0.1) is 81.5 Å². The molecule has 1 fully saturated rings. The van der Waals surface area contributed by atoms with Crippen molar-refractivity contribution >= 4 is 203 Å². The van der Waals surface area contributed by atoms with Gasteiger partial charge in [0.1, 0.15) is 23.5 Å². The number of carbonyl (C=O) groups is 15. The number of hydrogen-bond acceptors (Lipinski definition) is 23. The second kappa shape index (κ2) is 91.0. The number of thioether (sulfide) groups is 4. The standard InChI is InChI=1S/C21H22N2O4S2.C14H24N4O4S2.C9H18N2O2.2C7H12Cl2N2O2.C3H10N2.C2H2Cl2O.CH4.2Na.2H2O/c24-18(14-28-20(26)16-8-3-1-4-9-16)22-12-7-13-23-19(25)15-29-21(27)17-10-5-2-6-11-17;19-11-7-23-9-13(21)17-5-2-6-18-14(22)10-24-8-12(20)16-4-1-3-15-11;1-3-8(12)10-6-5-7-11-9(13)4-2;2*8-4-6(12)10-2-1-3-11-7(13)5-9;4-2-1-3-5;3-1-2(4)5;;;;;/h1-6,8-11H,7,12-15H2,(H,22,24)(H,23,25);1-10H2,(H,15,19)(H,16,20)(H,17,21)(H,18,22);3-7H2,1-2H3,(H,10,12)(H,11,13);2*1-5H2,(H,10,12)(H,11,13);1-5H2;1H2;1H4;;;2*1H2/q;;;;;;;;2*+1;;/p-2. The van der Waals surface area contributed by atoms with E-state index in [9.17, 15) is 71.9 Å². The Labute approximate surface area is 719 Å². The molecule has 0 atom stereocenters. The van der Waals surface area contributed by atoms with Gasteiger partial charge in [-0.1, -0.05) is 105 Å². The van der Waals surface area contributed by atoms with Gasteiger partial charge in [0.05, 0.1) is 40.4 Å². The SMILES string of the molecule is C.CCC(=O)NCCCNC(=O)CC.NCCCN.O=C(CCl)NCCCNC(=O)CCl.O=C(CCl)NCCCNC(=O)CCl.O=C(CSC(=O)c1ccccc1)NCCCNC(=O)CSC(=O)c1ccccc1.O=C(Cl)CCl.O=C1CSCC(=O)NCCCNC(=O)CSCC(=O)NCCCN1.[Na+].[Na+].[OH-].[OH-]. The monoisotopic (exact) mass is 1730 g/mol. The van der Waals surface area contributed by atoms with Crippen molar-refractivity contribution in [2.75, 3.05) is 156 Å². The molecule has 602 valence electrons. The number of carbonyl (C=O) groups excluding carboxylic acids is 15. The zero-order valence-electron chi connectivity index (χ0n) is 60.4. The normalized spacial score (nSPS) is 11.6. The average molecular weight is 1730 g/mol. The first-order chi connectivity index (χ1) is 48.9. The van der Waals surface area contributed by atoms with Crippen molar-refractivity contribution in [1.29, 1.82) is 0 Å². The molecule has 3 rings (SSSR count). The molecule has 1 saturated heterocycles. The van der Waals surface area contributed by atoms with E-state index in [2.05, 4.69) is 63.8 Å². The summed E-state index contributed by atoms with van der Waals surface area (Å²) in [5, 5.41) is 31.3. The molecule has 2 aromatic rings. The zero-order valence-corrected chi connectivity index (χ0v) is 72.2. The maximum Gasteiger partial charge on any atom is 1.00 e. The Morgan fingerprint density at radius 1 is 0.393 bits per heavy atom. The van der Waals surface area contributed by atoms with Crippen LogP contribution in [0.4, 0.5) is 0 Å². The summed E-state index contributed by atoms with van der Waals surface area (Å²) in [4.78, 5) is 167. The minimum absolute atomic E-state index is 0. The summed E-state index contributed by atoms with van der Waals surface area (Å²) in [7, 11) is 0. The Morgan fingerprint density at radius 3 is 0.813 bits per heavy atom. The van der Waals surface area contributed by atoms with Gasteiger partial charge in [-0.25, -0.2) is 0 Å². The predicted octanol–water partition coefficient (Wildman–Crippen LogP) is -3.36. The van der Waals surface area contributed by atoms with Gasteiger partial charge in [0, 0.05) is 103 Å². The second-order valence-electron chi connectivity index (χ2n) is 19.9. The average Bonchev–Trinajstić information content (AvgIpc) is 0.923. The van der Waals surface area contributed by atoms with E-state index < -0.39 is 5.24 Å². The van der Waals surface area contributed by atoms with Crippen LogP contribution in [0.25, 0.3) is 0 Å². The van der Waals surface area contributed by atoms with Crippen LogP contribution in [0.3, 0.4) is 0 Å². The maximum absolute atomic E-state index is 11.9. The van der Waals surface area contributed by atoms with Crippen LogP contribution in [0.1, 0.15) is 99.8 Å². The summed E-state index contributed by atoms with van der Waals surface area (Å²) in [6.45, 7) is 11.1. The first kappa shape index (κ1) is 121. The molecular weight excluding hydrogens is 1620 g/mol. The summed E-state index contributed by atoms with van der Waals surface area (Å²) in [5.41, 5.74) is 11.3. The zero-order chi connectivity index (χ0) is 77.2. The molecule has 0 radical (unpaired) electrons. The molecule has 0 spiro atoms. The van der Waals surface area contributed by atoms with Crippen molar-refractivity contribution in [3.8, 4) is 0 Å². The van der Waals surface area contributed by atoms with Gasteiger partial charge in [0.25, 0.3) is 0 Å². The summed E-state index contributed by atoms with van der Waals surface area (Å²) >= 11 is 34.9. The topological polar surface area (TPSA) is 512 Å². The van der Waals surface area contributed by atoms with Crippen LogP contribution in [0, 0.1) is 0 Å². The number of benzene rings is 2. The molecule has 1 aliphatic heterocycles. The third-order valence-electron chi connectivity index (χ3n) is 11.2. The molecular formula is C64H106Cl6N14Na2O17S4.